The van der Waals surface area contributed by atoms with E-state index in [-0.39, 0.29) is 31.2 Å². The SMILES string of the molecule is COC(=O)CC(NC(=O)C1CC(=O)N(c2cc(C)ccc2OC)C1)c1cccc(Br)c1. The first kappa shape index (κ1) is 22.8. The Labute approximate surface area is 189 Å². The van der Waals surface area contributed by atoms with Gasteiger partial charge in [0.1, 0.15) is 5.75 Å². The molecule has 8 heteroatoms. The van der Waals surface area contributed by atoms with Crippen LogP contribution in [-0.4, -0.2) is 38.5 Å². The van der Waals surface area contributed by atoms with Crippen molar-refractivity contribution < 1.29 is 23.9 Å². The molecule has 3 rings (SSSR count). The Bertz CT molecular complexity index is 994. The maximum atomic E-state index is 13.0. The van der Waals surface area contributed by atoms with Crippen LogP contribution in [0.15, 0.2) is 46.9 Å². The van der Waals surface area contributed by atoms with E-state index in [9.17, 15) is 14.4 Å². The normalized spacial score (nSPS) is 16.7. The van der Waals surface area contributed by atoms with Crippen molar-refractivity contribution in [2.45, 2.75) is 25.8 Å². The summed E-state index contributed by atoms with van der Waals surface area (Å²) in [5.74, 6) is -0.811. The second-order valence-electron chi connectivity index (χ2n) is 7.48. The molecular weight excluding hydrogens is 464 g/mol. The van der Waals surface area contributed by atoms with E-state index >= 15 is 0 Å². The minimum absolute atomic E-state index is 0.00518. The van der Waals surface area contributed by atoms with E-state index in [1.54, 1.807) is 12.0 Å². The average Bonchev–Trinajstić information content (AvgIpc) is 3.14. The second-order valence-corrected chi connectivity index (χ2v) is 8.39. The van der Waals surface area contributed by atoms with E-state index < -0.39 is 17.9 Å². The van der Waals surface area contributed by atoms with Gasteiger partial charge in [0, 0.05) is 17.4 Å². The Hall–Kier alpha value is -2.87. The molecule has 0 aromatic heterocycles. The predicted molar refractivity (Wildman–Crippen MR) is 120 cm³/mol. The van der Waals surface area contributed by atoms with Crippen LogP contribution in [0.1, 0.15) is 30.0 Å². The molecule has 31 heavy (non-hydrogen) atoms. The maximum absolute atomic E-state index is 13.0. The number of nitrogens with one attached hydrogen (secondary N) is 1. The Morgan fingerprint density at radius 1 is 1.23 bits per heavy atom. The number of rotatable bonds is 7. The number of nitrogens with zero attached hydrogens (tertiary/aromatic N) is 1. The number of methoxy groups -OCH3 is 2. The van der Waals surface area contributed by atoms with Gasteiger partial charge in [0.25, 0.3) is 0 Å². The van der Waals surface area contributed by atoms with E-state index in [0.717, 1.165) is 15.6 Å². The lowest BCUT2D eigenvalue weighted by atomic mass is 10.0. The van der Waals surface area contributed by atoms with Crippen molar-refractivity contribution in [2.75, 3.05) is 25.7 Å². The number of carbonyl (C=O) groups is 3. The monoisotopic (exact) mass is 488 g/mol. The summed E-state index contributed by atoms with van der Waals surface area (Å²) in [5, 5.41) is 2.93. The van der Waals surface area contributed by atoms with Gasteiger partial charge in [-0.25, -0.2) is 0 Å². The molecule has 2 aromatic rings. The zero-order valence-electron chi connectivity index (χ0n) is 17.7. The number of aryl methyl sites for hydroxylation is 1. The summed E-state index contributed by atoms with van der Waals surface area (Å²) >= 11 is 3.42. The van der Waals surface area contributed by atoms with Crippen molar-refractivity contribution in [2.24, 2.45) is 5.92 Å². The number of halogens is 1. The van der Waals surface area contributed by atoms with Crippen molar-refractivity contribution >= 4 is 39.4 Å². The molecule has 0 radical (unpaired) electrons. The zero-order valence-corrected chi connectivity index (χ0v) is 19.3. The van der Waals surface area contributed by atoms with Crippen LogP contribution in [0.2, 0.25) is 0 Å². The third kappa shape index (κ3) is 5.44. The number of anilines is 1. The van der Waals surface area contributed by atoms with E-state index in [2.05, 4.69) is 21.2 Å². The lowest BCUT2D eigenvalue weighted by Gasteiger charge is -2.22. The van der Waals surface area contributed by atoms with Crippen LogP contribution >= 0.6 is 15.9 Å². The van der Waals surface area contributed by atoms with Gasteiger partial charge in [0.05, 0.1) is 38.3 Å². The fraction of sp³-hybridized carbons (Fsp3) is 0.348. The molecule has 1 aliphatic rings. The standard InChI is InChI=1S/C23H25BrN2O5/c1-14-7-8-20(30-2)19(9-14)26-13-16(11-21(26)27)23(29)25-18(12-22(28)31-3)15-5-4-6-17(24)10-15/h4-10,16,18H,11-13H2,1-3H3,(H,25,29). The van der Waals surface area contributed by atoms with Crippen LogP contribution in [0.4, 0.5) is 5.69 Å². The number of amides is 2. The molecule has 7 nitrogen and oxygen atoms in total. The quantitative estimate of drug-likeness (QED) is 0.602. The average molecular weight is 489 g/mol. The van der Waals surface area contributed by atoms with Gasteiger partial charge in [-0.3, -0.25) is 14.4 Å². The summed E-state index contributed by atoms with van der Waals surface area (Å²) in [6.45, 7) is 2.18. The highest BCUT2D eigenvalue weighted by atomic mass is 79.9. The summed E-state index contributed by atoms with van der Waals surface area (Å²) in [6.07, 6.45) is 0.0845. The molecule has 0 aliphatic carbocycles. The van der Waals surface area contributed by atoms with Crippen LogP contribution in [0, 0.1) is 12.8 Å². The van der Waals surface area contributed by atoms with Crippen molar-refractivity contribution in [3.05, 3.63) is 58.1 Å². The Morgan fingerprint density at radius 3 is 2.68 bits per heavy atom. The Morgan fingerprint density at radius 2 is 2.00 bits per heavy atom. The number of carbonyl (C=O) groups excluding carboxylic acids is 3. The summed E-state index contributed by atoms with van der Waals surface area (Å²) in [5.41, 5.74) is 2.42. The van der Waals surface area contributed by atoms with Gasteiger partial charge in [-0.15, -0.1) is 0 Å². The first-order chi connectivity index (χ1) is 14.8. The number of hydrogen-bond acceptors (Lipinski definition) is 5. The van der Waals surface area contributed by atoms with Gasteiger partial charge < -0.3 is 19.7 Å². The molecule has 0 spiro atoms. The molecule has 2 aromatic carbocycles. The topological polar surface area (TPSA) is 84.9 Å². The van der Waals surface area contributed by atoms with Crippen LogP contribution in [0.25, 0.3) is 0 Å². The van der Waals surface area contributed by atoms with Gasteiger partial charge in [-0.05, 0) is 42.3 Å². The van der Waals surface area contributed by atoms with Crippen molar-refractivity contribution in [3.8, 4) is 5.75 Å². The lowest BCUT2D eigenvalue weighted by molar-refractivity contribution is -0.141. The van der Waals surface area contributed by atoms with Crippen LogP contribution < -0.4 is 15.0 Å². The Balaban J connectivity index is 1.78. The van der Waals surface area contributed by atoms with Crippen LogP contribution in [0.3, 0.4) is 0 Å². The van der Waals surface area contributed by atoms with Crippen molar-refractivity contribution in [1.82, 2.24) is 5.32 Å². The highest BCUT2D eigenvalue weighted by molar-refractivity contribution is 9.10. The highest BCUT2D eigenvalue weighted by Gasteiger charge is 2.37. The predicted octanol–water partition coefficient (Wildman–Crippen LogP) is 3.54. The number of benzene rings is 2. The third-order valence-electron chi connectivity index (χ3n) is 5.29. The maximum Gasteiger partial charge on any atom is 0.307 e. The third-order valence-corrected chi connectivity index (χ3v) is 5.78. The highest BCUT2D eigenvalue weighted by Crippen LogP contribution is 2.34. The first-order valence-electron chi connectivity index (χ1n) is 9.90. The van der Waals surface area contributed by atoms with Gasteiger partial charge in [0.15, 0.2) is 0 Å². The lowest BCUT2D eigenvalue weighted by Crippen LogP contribution is -2.36. The number of esters is 1. The van der Waals surface area contributed by atoms with E-state index in [4.69, 9.17) is 9.47 Å². The summed E-state index contributed by atoms with van der Waals surface area (Å²) in [7, 11) is 2.86. The van der Waals surface area contributed by atoms with E-state index in [0.29, 0.717) is 11.4 Å². The molecule has 1 N–H and O–H groups in total. The van der Waals surface area contributed by atoms with E-state index in [1.165, 1.54) is 7.11 Å². The molecule has 1 saturated heterocycles. The molecule has 2 unspecified atom stereocenters. The molecule has 0 bridgehead atoms. The first-order valence-corrected chi connectivity index (χ1v) is 10.7. The second kappa shape index (κ2) is 9.96. The Kier molecular flexibility index (Phi) is 7.33. The molecular formula is C23H25BrN2O5. The number of hydrogen-bond donors (Lipinski definition) is 1. The molecule has 2 atom stereocenters. The molecule has 164 valence electrons. The molecule has 0 saturated carbocycles. The van der Waals surface area contributed by atoms with Gasteiger partial charge >= 0.3 is 5.97 Å². The summed E-state index contributed by atoms with van der Waals surface area (Å²) in [4.78, 5) is 39.2. The fourth-order valence-electron chi connectivity index (χ4n) is 3.64. The largest absolute Gasteiger partial charge is 0.495 e. The van der Waals surface area contributed by atoms with Crippen LogP contribution in [-0.2, 0) is 19.1 Å². The van der Waals surface area contributed by atoms with Crippen molar-refractivity contribution in [3.63, 3.8) is 0 Å². The van der Waals surface area contributed by atoms with Crippen molar-refractivity contribution in [1.29, 1.82) is 0 Å². The van der Waals surface area contributed by atoms with E-state index in [1.807, 2.05) is 49.4 Å². The number of ether oxygens (including phenoxy) is 2. The van der Waals surface area contributed by atoms with Gasteiger partial charge in [0.2, 0.25) is 11.8 Å². The van der Waals surface area contributed by atoms with Gasteiger partial charge in [-0.2, -0.15) is 0 Å². The zero-order chi connectivity index (χ0) is 22.5. The minimum atomic E-state index is -0.560. The van der Waals surface area contributed by atoms with Gasteiger partial charge in [-0.1, -0.05) is 34.1 Å². The van der Waals surface area contributed by atoms with Crippen LogP contribution in [0.5, 0.6) is 5.75 Å². The molecule has 1 heterocycles. The molecule has 2 amide bonds. The summed E-state index contributed by atoms with van der Waals surface area (Å²) < 4.78 is 11.0. The molecule has 1 fully saturated rings. The molecule has 1 aliphatic heterocycles. The smallest absolute Gasteiger partial charge is 0.307 e. The summed E-state index contributed by atoms with van der Waals surface area (Å²) in [6, 6.07) is 12.4. The fourth-order valence-corrected chi connectivity index (χ4v) is 4.06. The minimum Gasteiger partial charge on any atom is -0.495 e.